The van der Waals surface area contributed by atoms with E-state index in [0.29, 0.717) is 5.88 Å². The summed E-state index contributed by atoms with van der Waals surface area (Å²) in [5.41, 5.74) is 2.12. The minimum absolute atomic E-state index is 0.614. The molecule has 4 nitrogen and oxygen atoms in total. The summed E-state index contributed by atoms with van der Waals surface area (Å²) in [4.78, 5) is 4.40. The van der Waals surface area contributed by atoms with Crippen LogP contribution in [0.5, 0.6) is 17.4 Å². The van der Waals surface area contributed by atoms with Crippen LogP contribution in [0.25, 0.3) is 0 Å². The van der Waals surface area contributed by atoms with Gasteiger partial charge in [-0.25, -0.2) is 4.98 Å². The number of nitrogens with zero attached hydrogens (tertiary/aromatic N) is 1. The average molecular weight is 272 g/mol. The Bertz CT molecular complexity index is 553. The van der Waals surface area contributed by atoms with Gasteiger partial charge in [-0.15, -0.1) is 0 Å². The fraction of sp³-hybridized carbons (Fsp3) is 0.312. The van der Waals surface area contributed by atoms with Gasteiger partial charge in [0.25, 0.3) is 0 Å². The Morgan fingerprint density at radius 2 is 1.80 bits per heavy atom. The Hall–Kier alpha value is -2.07. The van der Waals surface area contributed by atoms with Crippen LogP contribution >= 0.6 is 0 Å². The van der Waals surface area contributed by atoms with Crippen molar-refractivity contribution in [2.45, 2.75) is 20.4 Å². The molecule has 0 saturated carbocycles. The van der Waals surface area contributed by atoms with Crippen LogP contribution in [0.3, 0.4) is 0 Å². The molecular formula is C16H20N2O2. The third kappa shape index (κ3) is 3.96. The summed E-state index contributed by atoms with van der Waals surface area (Å²) in [5.74, 6) is 2.17. The van der Waals surface area contributed by atoms with Crippen LogP contribution in [0.15, 0.2) is 36.4 Å². The minimum Gasteiger partial charge on any atom is -0.497 e. The maximum absolute atomic E-state index is 5.78. The van der Waals surface area contributed by atoms with Crippen LogP contribution in [0.1, 0.15) is 18.2 Å². The Kier molecular flexibility index (Phi) is 4.96. The molecule has 1 aromatic heterocycles. The predicted molar refractivity (Wildman–Crippen MR) is 79.4 cm³/mol. The highest BCUT2D eigenvalue weighted by Crippen LogP contribution is 2.23. The van der Waals surface area contributed by atoms with E-state index in [2.05, 4.69) is 23.3 Å². The Morgan fingerprint density at radius 3 is 2.45 bits per heavy atom. The Morgan fingerprint density at radius 1 is 1.10 bits per heavy atom. The molecule has 0 fully saturated rings. The normalized spacial score (nSPS) is 10.3. The van der Waals surface area contributed by atoms with Crippen molar-refractivity contribution in [3.8, 4) is 17.4 Å². The van der Waals surface area contributed by atoms with Crippen LogP contribution in [-0.2, 0) is 6.54 Å². The van der Waals surface area contributed by atoms with E-state index in [1.165, 1.54) is 5.56 Å². The Labute approximate surface area is 119 Å². The monoisotopic (exact) mass is 272 g/mol. The van der Waals surface area contributed by atoms with Gasteiger partial charge in [0, 0.05) is 18.3 Å². The number of methoxy groups -OCH3 is 1. The highest BCUT2D eigenvalue weighted by atomic mass is 16.5. The smallest absolute Gasteiger partial charge is 0.219 e. The first-order chi connectivity index (χ1) is 9.71. The van der Waals surface area contributed by atoms with Crippen molar-refractivity contribution in [3.63, 3.8) is 0 Å². The number of ether oxygens (including phenoxy) is 2. The zero-order chi connectivity index (χ0) is 14.4. The summed E-state index contributed by atoms with van der Waals surface area (Å²) < 4.78 is 10.9. The van der Waals surface area contributed by atoms with E-state index < -0.39 is 0 Å². The molecule has 0 unspecified atom stereocenters. The Balaban J connectivity index is 2.12. The number of hydrogen-bond acceptors (Lipinski definition) is 4. The molecule has 0 radical (unpaired) electrons. The highest BCUT2D eigenvalue weighted by Gasteiger charge is 2.03. The van der Waals surface area contributed by atoms with Crippen molar-refractivity contribution in [1.82, 2.24) is 10.3 Å². The number of aromatic nitrogens is 1. The van der Waals surface area contributed by atoms with Crippen LogP contribution in [-0.4, -0.2) is 18.6 Å². The van der Waals surface area contributed by atoms with Crippen molar-refractivity contribution >= 4 is 0 Å². The van der Waals surface area contributed by atoms with E-state index >= 15 is 0 Å². The molecule has 1 N–H and O–H groups in total. The first-order valence-electron chi connectivity index (χ1n) is 6.71. The third-order valence-corrected chi connectivity index (χ3v) is 2.85. The molecule has 0 aliphatic rings. The summed E-state index contributed by atoms with van der Waals surface area (Å²) in [6.45, 7) is 5.81. The van der Waals surface area contributed by atoms with Gasteiger partial charge in [0.05, 0.1) is 7.11 Å². The van der Waals surface area contributed by atoms with Crippen LogP contribution < -0.4 is 14.8 Å². The van der Waals surface area contributed by atoms with Gasteiger partial charge in [-0.3, -0.25) is 0 Å². The number of benzene rings is 1. The van der Waals surface area contributed by atoms with Crippen molar-refractivity contribution in [3.05, 3.63) is 47.7 Å². The van der Waals surface area contributed by atoms with Gasteiger partial charge in [-0.2, -0.15) is 0 Å². The summed E-state index contributed by atoms with van der Waals surface area (Å²) in [7, 11) is 1.64. The van der Waals surface area contributed by atoms with Gasteiger partial charge < -0.3 is 14.8 Å². The van der Waals surface area contributed by atoms with E-state index in [0.717, 1.165) is 30.3 Å². The molecule has 0 saturated heterocycles. The minimum atomic E-state index is 0.614. The summed E-state index contributed by atoms with van der Waals surface area (Å²) in [5, 5.41) is 3.30. The van der Waals surface area contributed by atoms with E-state index in [1.807, 2.05) is 37.3 Å². The van der Waals surface area contributed by atoms with E-state index in [4.69, 9.17) is 9.47 Å². The zero-order valence-corrected chi connectivity index (χ0v) is 12.1. The number of aryl methyl sites for hydroxylation is 1. The second-order valence-corrected chi connectivity index (χ2v) is 4.51. The van der Waals surface area contributed by atoms with E-state index in [9.17, 15) is 0 Å². The molecule has 4 heteroatoms. The molecule has 0 aliphatic heterocycles. The molecule has 0 aliphatic carbocycles. The average Bonchev–Trinajstić information content (AvgIpc) is 2.45. The largest absolute Gasteiger partial charge is 0.497 e. The summed E-state index contributed by atoms with van der Waals surface area (Å²) >= 11 is 0. The zero-order valence-electron chi connectivity index (χ0n) is 12.1. The lowest BCUT2D eigenvalue weighted by Gasteiger charge is -2.09. The molecule has 20 heavy (non-hydrogen) atoms. The van der Waals surface area contributed by atoms with Crippen molar-refractivity contribution in [1.29, 1.82) is 0 Å². The van der Waals surface area contributed by atoms with Gasteiger partial charge in [-0.1, -0.05) is 6.92 Å². The lowest BCUT2D eigenvalue weighted by molar-refractivity contribution is 0.412. The van der Waals surface area contributed by atoms with Gasteiger partial charge in [0.15, 0.2) is 0 Å². The molecule has 1 aromatic carbocycles. The number of pyridine rings is 1. The molecule has 2 aromatic rings. The van der Waals surface area contributed by atoms with Gasteiger partial charge in [0.2, 0.25) is 5.88 Å². The first-order valence-corrected chi connectivity index (χ1v) is 6.71. The molecule has 2 rings (SSSR count). The predicted octanol–water partition coefficient (Wildman–Crippen LogP) is 3.30. The standard InChI is InChI=1S/C16H20N2O2/c1-4-17-11-13-9-12(2)18-16(10-13)20-15-7-5-14(19-3)6-8-15/h5-10,17H,4,11H2,1-3H3. The molecular weight excluding hydrogens is 252 g/mol. The maximum atomic E-state index is 5.78. The van der Waals surface area contributed by atoms with Crippen LogP contribution in [0.4, 0.5) is 0 Å². The fourth-order valence-electron chi connectivity index (χ4n) is 1.90. The highest BCUT2D eigenvalue weighted by molar-refractivity contribution is 5.34. The lowest BCUT2D eigenvalue weighted by atomic mass is 10.2. The fourth-order valence-corrected chi connectivity index (χ4v) is 1.90. The molecule has 1 heterocycles. The number of rotatable bonds is 6. The molecule has 0 amide bonds. The topological polar surface area (TPSA) is 43.4 Å². The van der Waals surface area contributed by atoms with Gasteiger partial charge in [-0.05, 0) is 49.4 Å². The molecule has 0 bridgehead atoms. The van der Waals surface area contributed by atoms with Crippen molar-refractivity contribution in [2.75, 3.05) is 13.7 Å². The quantitative estimate of drug-likeness (QED) is 0.876. The molecule has 0 atom stereocenters. The second-order valence-electron chi connectivity index (χ2n) is 4.51. The van der Waals surface area contributed by atoms with Crippen LogP contribution in [0, 0.1) is 6.92 Å². The lowest BCUT2D eigenvalue weighted by Crippen LogP contribution is -2.12. The van der Waals surface area contributed by atoms with Crippen molar-refractivity contribution in [2.24, 2.45) is 0 Å². The molecule has 0 spiro atoms. The number of hydrogen-bond donors (Lipinski definition) is 1. The SMILES string of the molecule is CCNCc1cc(C)nc(Oc2ccc(OC)cc2)c1. The number of nitrogens with one attached hydrogen (secondary N) is 1. The van der Waals surface area contributed by atoms with Crippen molar-refractivity contribution < 1.29 is 9.47 Å². The van der Waals surface area contributed by atoms with Gasteiger partial charge >= 0.3 is 0 Å². The van der Waals surface area contributed by atoms with Crippen LogP contribution in [0.2, 0.25) is 0 Å². The second kappa shape index (κ2) is 6.91. The third-order valence-electron chi connectivity index (χ3n) is 2.85. The van der Waals surface area contributed by atoms with Gasteiger partial charge in [0.1, 0.15) is 11.5 Å². The van der Waals surface area contributed by atoms with E-state index in [1.54, 1.807) is 7.11 Å². The summed E-state index contributed by atoms with van der Waals surface area (Å²) in [6, 6.07) is 11.5. The van der Waals surface area contributed by atoms with E-state index in [-0.39, 0.29) is 0 Å². The molecule has 106 valence electrons. The first kappa shape index (κ1) is 14.3. The summed E-state index contributed by atoms with van der Waals surface area (Å²) in [6.07, 6.45) is 0. The maximum Gasteiger partial charge on any atom is 0.219 e.